The first-order chi connectivity index (χ1) is 10.2. The third kappa shape index (κ3) is 1.89. The molecule has 0 saturated carbocycles. The Morgan fingerprint density at radius 3 is 2.67 bits per heavy atom. The highest BCUT2D eigenvalue weighted by molar-refractivity contribution is 6.32. The Morgan fingerprint density at radius 2 is 1.81 bits per heavy atom. The van der Waals surface area contributed by atoms with E-state index in [4.69, 9.17) is 16.6 Å². The molecule has 0 aliphatic carbocycles. The molecule has 1 N–H and O–H groups in total. The van der Waals surface area contributed by atoms with E-state index in [2.05, 4.69) is 16.0 Å². The van der Waals surface area contributed by atoms with Crippen LogP contribution in [0.4, 0.5) is 0 Å². The average Bonchev–Trinajstić information content (AvgIpc) is 2.82. The van der Waals surface area contributed by atoms with Gasteiger partial charge >= 0.3 is 0 Å². The summed E-state index contributed by atoms with van der Waals surface area (Å²) in [6.45, 7) is 2.01. The number of benzene rings is 2. The van der Waals surface area contributed by atoms with Crippen molar-refractivity contribution in [2.75, 3.05) is 0 Å². The van der Waals surface area contributed by atoms with Crippen LogP contribution in [0.3, 0.4) is 0 Å². The fraction of sp³-hybridized carbons (Fsp3) is 0.0588. The molecule has 0 amide bonds. The van der Waals surface area contributed by atoms with Gasteiger partial charge < -0.3 is 4.98 Å². The molecule has 0 spiro atoms. The molecule has 0 aliphatic rings. The smallest absolute Gasteiger partial charge is 0.110 e. The molecule has 102 valence electrons. The van der Waals surface area contributed by atoms with Gasteiger partial charge in [-0.05, 0) is 30.7 Å². The molecule has 4 rings (SSSR count). The number of rotatable bonds is 1. The van der Waals surface area contributed by atoms with Gasteiger partial charge in [-0.3, -0.25) is 4.98 Å². The summed E-state index contributed by atoms with van der Waals surface area (Å²) in [4.78, 5) is 12.4. The van der Waals surface area contributed by atoms with Crippen LogP contribution in [0.5, 0.6) is 0 Å². The van der Waals surface area contributed by atoms with Gasteiger partial charge in [-0.15, -0.1) is 0 Å². The second-order valence-corrected chi connectivity index (χ2v) is 5.41. The Hall–Kier alpha value is -2.39. The number of hydrogen-bond donors (Lipinski definition) is 1. The first kappa shape index (κ1) is 12.4. The quantitative estimate of drug-likeness (QED) is 0.551. The molecule has 0 bridgehead atoms. The summed E-state index contributed by atoms with van der Waals surface area (Å²) < 4.78 is 0. The summed E-state index contributed by atoms with van der Waals surface area (Å²) >= 11 is 6.21. The lowest BCUT2D eigenvalue weighted by Crippen LogP contribution is -1.89. The van der Waals surface area contributed by atoms with Crippen LogP contribution < -0.4 is 0 Å². The van der Waals surface area contributed by atoms with Crippen LogP contribution in [-0.2, 0) is 0 Å². The summed E-state index contributed by atoms with van der Waals surface area (Å²) in [5, 5.41) is 1.78. The number of nitrogens with one attached hydrogen (secondary N) is 1. The summed E-state index contributed by atoms with van der Waals surface area (Å²) in [7, 11) is 0. The number of fused-ring (bicyclic) bond motifs is 2. The Balaban J connectivity index is 2.04. The van der Waals surface area contributed by atoms with Gasteiger partial charge in [0.05, 0.1) is 22.9 Å². The van der Waals surface area contributed by atoms with Crippen LogP contribution in [0.15, 0.2) is 48.7 Å². The summed E-state index contributed by atoms with van der Waals surface area (Å²) in [6.07, 6.45) is 1.82. The highest BCUT2D eigenvalue weighted by atomic mass is 35.5. The zero-order valence-electron chi connectivity index (χ0n) is 11.4. The predicted molar refractivity (Wildman–Crippen MR) is 86.6 cm³/mol. The predicted octanol–water partition coefficient (Wildman–Crippen LogP) is 4.74. The molecule has 2 heterocycles. The molecule has 3 nitrogen and oxygen atoms in total. The second-order valence-electron chi connectivity index (χ2n) is 5.04. The lowest BCUT2D eigenvalue weighted by molar-refractivity contribution is 1.30. The minimum absolute atomic E-state index is 0.672. The Bertz CT molecular complexity index is 972. The van der Waals surface area contributed by atoms with Gasteiger partial charge in [0.1, 0.15) is 5.15 Å². The summed E-state index contributed by atoms with van der Waals surface area (Å²) in [5.74, 6) is 0. The van der Waals surface area contributed by atoms with Crippen LogP contribution in [0.25, 0.3) is 33.2 Å². The van der Waals surface area contributed by atoms with Gasteiger partial charge in [0.2, 0.25) is 0 Å². The number of para-hydroxylation sites is 2. The maximum absolute atomic E-state index is 6.21. The van der Waals surface area contributed by atoms with E-state index in [9.17, 15) is 0 Å². The minimum atomic E-state index is 0.672. The number of hydrogen-bond acceptors (Lipinski definition) is 2. The molecular weight excluding hydrogens is 282 g/mol. The average molecular weight is 294 g/mol. The van der Waals surface area contributed by atoms with E-state index in [0.717, 1.165) is 38.8 Å². The third-order valence-corrected chi connectivity index (χ3v) is 4.12. The highest BCUT2D eigenvalue weighted by Crippen LogP contribution is 2.33. The lowest BCUT2D eigenvalue weighted by Gasteiger charge is -2.05. The molecule has 4 aromatic rings. The highest BCUT2D eigenvalue weighted by Gasteiger charge is 2.12. The van der Waals surface area contributed by atoms with Crippen molar-refractivity contribution >= 4 is 33.5 Å². The molecule has 2 aromatic carbocycles. The van der Waals surface area contributed by atoms with E-state index in [1.165, 1.54) is 0 Å². The minimum Gasteiger partial charge on any atom is -0.345 e. The van der Waals surface area contributed by atoms with Crippen molar-refractivity contribution in [3.8, 4) is 11.3 Å². The van der Waals surface area contributed by atoms with Gasteiger partial charge in [-0.2, -0.15) is 0 Å². The molecule has 4 heteroatoms. The first-order valence-electron chi connectivity index (χ1n) is 6.73. The number of nitrogens with zero attached hydrogens (tertiary/aromatic N) is 2. The van der Waals surface area contributed by atoms with Gasteiger partial charge in [0.25, 0.3) is 0 Å². The normalized spacial score (nSPS) is 11.3. The standard InChI is InChI=1S/C17H12ClN3/c1-10-16-11(5-4-8-14(16)21-17(10)18)15-9-19-12-6-2-3-7-13(12)20-15/h2-9,21H,1H3. The molecule has 21 heavy (non-hydrogen) atoms. The zero-order valence-corrected chi connectivity index (χ0v) is 12.1. The topological polar surface area (TPSA) is 41.6 Å². The van der Waals surface area contributed by atoms with Gasteiger partial charge in [0, 0.05) is 16.5 Å². The van der Waals surface area contributed by atoms with Gasteiger partial charge in [-0.1, -0.05) is 35.9 Å². The van der Waals surface area contributed by atoms with E-state index < -0.39 is 0 Å². The Morgan fingerprint density at radius 1 is 1.00 bits per heavy atom. The summed E-state index contributed by atoms with van der Waals surface area (Å²) in [6, 6.07) is 14.0. The number of halogens is 1. The Labute approximate surface area is 126 Å². The molecule has 2 aromatic heterocycles. The molecule has 0 unspecified atom stereocenters. The molecule has 0 atom stereocenters. The van der Waals surface area contributed by atoms with E-state index in [1.807, 2.05) is 49.5 Å². The third-order valence-electron chi connectivity index (χ3n) is 3.74. The fourth-order valence-electron chi connectivity index (χ4n) is 2.68. The van der Waals surface area contributed by atoms with Crippen molar-refractivity contribution in [1.82, 2.24) is 15.0 Å². The maximum atomic E-state index is 6.21. The molecule has 0 radical (unpaired) electrons. The van der Waals surface area contributed by atoms with E-state index in [-0.39, 0.29) is 0 Å². The van der Waals surface area contributed by atoms with Crippen molar-refractivity contribution in [2.24, 2.45) is 0 Å². The lowest BCUT2D eigenvalue weighted by atomic mass is 10.0. The molecular formula is C17H12ClN3. The SMILES string of the molecule is Cc1c(Cl)[nH]c2cccc(-c3cnc4ccccc4n3)c12. The van der Waals surface area contributed by atoms with Crippen molar-refractivity contribution < 1.29 is 0 Å². The largest absolute Gasteiger partial charge is 0.345 e. The van der Waals surface area contributed by atoms with Crippen molar-refractivity contribution in [3.63, 3.8) is 0 Å². The molecule has 0 saturated heterocycles. The van der Waals surface area contributed by atoms with Gasteiger partial charge in [0.15, 0.2) is 0 Å². The van der Waals surface area contributed by atoms with Crippen LogP contribution >= 0.6 is 11.6 Å². The van der Waals surface area contributed by atoms with E-state index in [1.54, 1.807) is 0 Å². The van der Waals surface area contributed by atoms with Crippen LogP contribution in [0.2, 0.25) is 5.15 Å². The van der Waals surface area contributed by atoms with E-state index in [0.29, 0.717) is 5.15 Å². The number of H-pyrrole nitrogens is 1. The molecule has 0 aliphatic heterocycles. The fourth-order valence-corrected chi connectivity index (χ4v) is 2.88. The monoisotopic (exact) mass is 293 g/mol. The van der Waals surface area contributed by atoms with Crippen molar-refractivity contribution in [3.05, 3.63) is 59.4 Å². The first-order valence-corrected chi connectivity index (χ1v) is 7.11. The zero-order chi connectivity index (χ0) is 14.4. The second kappa shape index (κ2) is 4.57. The number of aromatic nitrogens is 3. The number of aromatic amines is 1. The van der Waals surface area contributed by atoms with Gasteiger partial charge in [-0.25, -0.2) is 4.98 Å². The Kier molecular flexibility index (Phi) is 2.69. The molecule has 0 fully saturated rings. The van der Waals surface area contributed by atoms with Crippen molar-refractivity contribution in [1.29, 1.82) is 0 Å². The summed E-state index contributed by atoms with van der Waals surface area (Å²) in [5.41, 5.74) is 5.76. The van der Waals surface area contributed by atoms with Crippen LogP contribution in [0, 0.1) is 6.92 Å². The maximum Gasteiger partial charge on any atom is 0.110 e. The number of aryl methyl sites for hydroxylation is 1. The van der Waals surface area contributed by atoms with Crippen molar-refractivity contribution in [2.45, 2.75) is 6.92 Å². The van der Waals surface area contributed by atoms with Crippen LogP contribution in [0.1, 0.15) is 5.56 Å². The van der Waals surface area contributed by atoms with E-state index >= 15 is 0 Å². The van der Waals surface area contributed by atoms with Crippen LogP contribution in [-0.4, -0.2) is 15.0 Å².